The number of urea groups is 2. The molecule has 324 valence electrons. The van der Waals surface area contributed by atoms with Gasteiger partial charge in [-0.1, -0.05) is 18.2 Å². The number of aliphatic carboxylic acids is 1. The molecule has 0 unspecified atom stereocenters. The molecule has 7 atom stereocenters. The highest BCUT2D eigenvalue weighted by Gasteiger charge is 2.41. The van der Waals surface area contributed by atoms with Crippen LogP contribution >= 0.6 is 11.8 Å². The monoisotopic (exact) mass is 854 g/mol. The number of carbonyl (C=O) groups is 7. The summed E-state index contributed by atoms with van der Waals surface area (Å²) in [5.41, 5.74) is 2.10. The van der Waals surface area contributed by atoms with Gasteiger partial charge in [-0.15, -0.1) is 0 Å². The van der Waals surface area contributed by atoms with Crippen molar-refractivity contribution in [3.8, 4) is 11.5 Å². The van der Waals surface area contributed by atoms with Gasteiger partial charge in [0.2, 0.25) is 29.9 Å². The second-order valence-electron chi connectivity index (χ2n) is 14.7. The number of hydrogen-bond donors (Lipinski definition) is 10. The number of imide groups is 1. The van der Waals surface area contributed by atoms with Crippen molar-refractivity contribution in [3.05, 3.63) is 71.1 Å². The summed E-state index contributed by atoms with van der Waals surface area (Å²) in [4.78, 5) is 93.8. The molecule has 0 saturated carbocycles. The number of phenolic OH excluding ortho intramolecular Hbond substituents is 2. The van der Waals surface area contributed by atoms with Gasteiger partial charge in [0.15, 0.2) is 0 Å². The zero-order valence-electron chi connectivity index (χ0n) is 33.2. The number of benzene rings is 2. The number of hydrogen-bond acceptors (Lipinski definition) is 13. The lowest BCUT2D eigenvalue weighted by Crippen LogP contribution is -2.62. The number of carboxylic acids is 1. The summed E-state index contributed by atoms with van der Waals surface area (Å²) in [6, 6.07) is 3.07. The average Bonchev–Trinajstić information content (AvgIpc) is 3.58. The van der Waals surface area contributed by atoms with Crippen molar-refractivity contribution >= 4 is 53.4 Å². The highest BCUT2D eigenvalue weighted by molar-refractivity contribution is 7.98. The summed E-state index contributed by atoms with van der Waals surface area (Å²) in [6.45, 7) is 1.88. The minimum Gasteiger partial charge on any atom is -0.508 e. The van der Waals surface area contributed by atoms with Crippen LogP contribution in [0.1, 0.15) is 42.9 Å². The summed E-state index contributed by atoms with van der Waals surface area (Å²) in [5.74, 6) is -3.49. The number of rotatable bonds is 16. The third kappa shape index (κ3) is 11.6. The van der Waals surface area contributed by atoms with Gasteiger partial charge in [0.25, 0.3) is 0 Å². The first-order valence-corrected chi connectivity index (χ1v) is 20.6. The van der Waals surface area contributed by atoms with Crippen LogP contribution in [0.15, 0.2) is 54.4 Å². The van der Waals surface area contributed by atoms with E-state index in [1.807, 2.05) is 0 Å². The van der Waals surface area contributed by atoms with E-state index in [9.17, 15) is 54.0 Å². The van der Waals surface area contributed by atoms with Gasteiger partial charge in [-0.25, -0.2) is 14.4 Å². The second kappa shape index (κ2) is 20.3. The van der Waals surface area contributed by atoms with E-state index in [1.54, 1.807) is 30.5 Å². The Morgan fingerprint density at radius 3 is 2.43 bits per heavy atom. The van der Waals surface area contributed by atoms with Gasteiger partial charge < -0.3 is 56.6 Å². The van der Waals surface area contributed by atoms with Crippen molar-refractivity contribution in [3.63, 3.8) is 0 Å². The summed E-state index contributed by atoms with van der Waals surface area (Å²) < 4.78 is 5.77. The zero-order valence-corrected chi connectivity index (χ0v) is 34.0. The maximum atomic E-state index is 14.0. The minimum absolute atomic E-state index is 0.00107. The van der Waals surface area contributed by atoms with Crippen molar-refractivity contribution in [1.82, 2.24) is 41.7 Å². The molecule has 0 aromatic heterocycles. The van der Waals surface area contributed by atoms with Crippen molar-refractivity contribution < 1.29 is 58.7 Å². The van der Waals surface area contributed by atoms with Crippen LogP contribution < -0.4 is 31.9 Å². The number of nitrogens with one attached hydrogen (secondary N) is 6. The first kappa shape index (κ1) is 45.0. The van der Waals surface area contributed by atoms with E-state index in [0.29, 0.717) is 17.9 Å². The molecule has 8 amide bonds. The number of phenols is 2. The van der Waals surface area contributed by atoms with E-state index in [4.69, 9.17) is 4.74 Å². The maximum Gasteiger partial charge on any atom is 0.327 e. The molecule has 2 saturated heterocycles. The molecule has 2 aromatic rings. The highest BCUT2D eigenvalue weighted by Crippen LogP contribution is 2.27. The van der Waals surface area contributed by atoms with Crippen LogP contribution in [0.3, 0.4) is 0 Å². The van der Waals surface area contributed by atoms with Gasteiger partial charge >= 0.3 is 18.0 Å². The summed E-state index contributed by atoms with van der Waals surface area (Å²) >= 11 is 1.37. The Balaban J connectivity index is 1.33. The fourth-order valence-electron chi connectivity index (χ4n) is 7.00. The van der Waals surface area contributed by atoms with Gasteiger partial charge in [0.1, 0.15) is 41.5 Å². The number of aliphatic hydroxyl groups is 1. The third-order valence-electron chi connectivity index (χ3n) is 10.4. The molecule has 10 N–H and O–H groups in total. The maximum absolute atomic E-state index is 14.0. The van der Waals surface area contributed by atoms with Crippen LogP contribution in [0.5, 0.6) is 11.5 Å². The lowest BCUT2D eigenvalue weighted by molar-refractivity contribution is -0.139. The van der Waals surface area contributed by atoms with E-state index in [2.05, 4.69) is 31.9 Å². The van der Waals surface area contributed by atoms with Crippen molar-refractivity contribution in [2.45, 2.75) is 88.1 Å². The molecule has 3 heterocycles. The lowest BCUT2D eigenvalue weighted by Gasteiger charge is -2.36. The van der Waals surface area contributed by atoms with Gasteiger partial charge in [0, 0.05) is 45.6 Å². The Labute approximate surface area is 349 Å². The highest BCUT2D eigenvalue weighted by atomic mass is 32.2. The van der Waals surface area contributed by atoms with E-state index < -0.39 is 84.2 Å². The number of thioether (sulfide) groups is 1. The SMILES string of the molecule is CSCC[C@@H](NC(=O)N[C@H](Cc1cccc(O)c1)C(=O)O)C(=O)N[C@@H](C(=O)N/C=C1/C[C@@H](O)[C@@H](N2CCC(=O)NC2=O)O1)[C@@H](C)N(C)C(=O)[C@H]1Cc2cc(O)ccc2CN1. The lowest BCUT2D eigenvalue weighted by atomic mass is 9.94. The molecule has 3 aliphatic rings. The molecule has 0 bridgehead atoms. The summed E-state index contributed by atoms with van der Waals surface area (Å²) in [5, 5.41) is 55.8. The number of carboxylic acid groups (broad SMARTS) is 1. The fraction of sp³-hybridized carbons (Fsp3) is 0.462. The van der Waals surface area contributed by atoms with Crippen LogP contribution in [0.4, 0.5) is 9.59 Å². The topological polar surface area (TPSA) is 288 Å². The number of carbonyl (C=O) groups excluding carboxylic acids is 6. The van der Waals surface area contributed by atoms with Crippen LogP contribution in [0.25, 0.3) is 0 Å². The zero-order chi connectivity index (χ0) is 43.7. The van der Waals surface area contributed by atoms with Gasteiger partial charge in [-0.3, -0.25) is 29.4 Å². The Hall–Kier alpha value is -6.06. The van der Waals surface area contributed by atoms with E-state index >= 15 is 0 Å². The average molecular weight is 855 g/mol. The normalized spacial score (nSPS) is 21.3. The predicted octanol–water partition coefficient (Wildman–Crippen LogP) is -0.433. The van der Waals surface area contributed by atoms with E-state index in [1.165, 1.54) is 48.8 Å². The molecule has 21 heteroatoms. The number of ether oxygens (including phenoxy) is 1. The largest absolute Gasteiger partial charge is 0.508 e. The molecule has 0 radical (unpaired) electrons. The van der Waals surface area contributed by atoms with Crippen LogP contribution in [-0.4, -0.2) is 140 Å². The number of fused-ring (bicyclic) bond motifs is 1. The Bertz CT molecular complexity index is 2000. The van der Waals surface area contributed by atoms with Crippen molar-refractivity contribution in [2.24, 2.45) is 0 Å². The van der Waals surface area contributed by atoms with Crippen molar-refractivity contribution in [1.29, 1.82) is 0 Å². The molecule has 3 aliphatic heterocycles. The first-order valence-electron chi connectivity index (χ1n) is 19.2. The van der Waals surface area contributed by atoms with E-state index in [0.717, 1.165) is 22.2 Å². The Morgan fingerprint density at radius 1 is 1.00 bits per heavy atom. The number of nitrogens with zero attached hydrogens (tertiary/aromatic N) is 2. The van der Waals surface area contributed by atoms with Crippen LogP contribution in [0, 0.1) is 0 Å². The Kier molecular flexibility index (Phi) is 15.2. The molecule has 0 spiro atoms. The van der Waals surface area contributed by atoms with Gasteiger partial charge in [-0.05, 0) is 72.7 Å². The first-order chi connectivity index (χ1) is 28.5. The molecule has 20 nitrogen and oxygen atoms in total. The van der Waals surface area contributed by atoms with Crippen LogP contribution in [0.2, 0.25) is 0 Å². The van der Waals surface area contributed by atoms with Gasteiger partial charge in [-0.2, -0.15) is 11.8 Å². The van der Waals surface area contributed by atoms with Gasteiger partial charge in [0.05, 0.1) is 12.1 Å². The Morgan fingerprint density at radius 2 is 1.73 bits per heavy atom. The van der Waals surface area contributed by atoms with Crippen molar-refractivity contribution in [2.75, 3.05) is 25.6 Å². The molecule has 60 heavy (non-hydrogen) atoms. The third-order valence-corrected chi connectivity index (χ3v) is 11.1. The molecule has 0 aliphatic carbocycles. The molecule has 2 fully saturated rings. The molecular formula is C39H50N8O12S. The summed E-state index contributed by atoms with van der Waals surface area (Å²) in [7, 11) is 1.46. The molecule has 5 rings (SSSR count). The quantitative estimate of drug-likeness (QED) is 0.103. The number of amides is 8. The molecule has 2 aromatic carbocycles. The summed E-state index contributed by atoms with van der Waals surface area (Å²) in [6.07, 6.45) is 0.594. The number of likely N-dealkylation sites (N-methyl/N-ethyl adjacent to an activating group) is 1. The fourth-order valence-corrected chi connectivity index (χ4v) is 7.47. The number of aliphatic hydroxyl groups excluding tert-OH is 1. The predicted molar refractivity (Wildman–Crippen MR) is 215 cm³/mol. The standard InChI is InChI=1S/C39H50N8O12S/c1-20(46(2)35(54)28-16-23-15-25(49)8-7-22(23)18-40-28)32(34(53)41-19-26-17-30(50)36(59-26)47-11-9-31(51)44-39(47)58)45-33(52)27(10-12-60-3)42-38(57)43-29(37(55)56)14-21-5-4-6-24(48)13-21/h4-8,13,15,19-20,27-30,32,36,40,48-50H,9-12,14,16-18H2,1-3H3,(H,41,53)(H,45,52)(H,55,56)(H2,42,43,57)(H,44,51,58)/b26-19-/t20-,27-,28-,29-,30-,32-,36+/m1/s1. The minimum atomic E-state index is -1.47. The van der Waals surface area contributed by atoms with E-state index in [-0.39, 0.29) is 55.9 Å². The smallest absolute Gasteiger partial charge is 0.327 e. The van der Waals surface area contributed by atoms with Crippen LogP contribution in [-0.2, 0) is 48.1 Å². The second-order valence-corrected chi connectivity index (χ2v) is 15.7. The molecular weight excluding hydrogens is 805 g/mol. The number of aromatic hydroxyl groups is 2.